The molecule has 1 aliphatic rings. The van der Waals surface area contributed by atoms with E-state index >= 15 is 0 Å². The van der Waals surface area contributed by atoms with Crippen LogP contribution in [0.1, 0.15) is 18.4 Å². The van der Waals surface area contributed by atoms with E-state index in [1.807, 2.05) is 16.8 Å². The van der Waals surface area contributed by atoms with E-state index in [9.17, 15) is 8.42 Å². The van der Waals surface area contributed by atoms with E-state index < -0.39 is 10.0 Å². The first-order valence-electron chi connectivity index (χ1n) is 5.70. The lowest BCUT2D eigenvalue weighted by Crippen LogP contribution is -2.32. The van der Waals surface area contributed by atoms with Crippen molar-refractivity contribution >= 4 is 21.4 Å². The quantitative estimate of drug-likeness (QED) is 0.910. The molecular formula is C11H13N3O2S2. The van der Waals surface area contributed by atoms with Crippen molar-refractivity contribution in [2.45, 2.75) is 30.5 Å². The lowest BCUT2D eigenvalue weighted by atomic mass is 10.3. The van der Waals surface area contributed by atoms with Crippen molar-refractivity contribution in [3.05, 3.63) is 34.7 Å². The van der Waals surface area contributed by atoms with Gasteiger partial charge >= 0.3 is 0 Å². The minimum atomic E-state index is -3.45. The van der Waals surface area contributed by atoms with E-state index in [1.165, 1.54) is 12.3 Å². The fourth-order valence-corrected chi connectivity index (χ4v) is 4.08. The van der Waals surface area contributed by atoms with Crippen molar-refractivity contribution < 1.29 is 8.42 Å². The zero-order chi connectivity index (χ0) is 12.6. The monoisotopic (exact) mass is 283 g/mol. The van der Waals surface area contributed by atoms with Crippen LogP contribution in [-0.4, -0.2) is 29.0 Å². The number of aromatic nitrogens is 2. The fourth-order valence-electron chi connectivity index (χ4n) is 1.85. The maximum absolute atomic E-state index is 12.5. The number of H-pyrrole nitrogens is 1. The first kappa shape index (κ1) is 11.9. The highest BCUT2D eigenvalue weighted by Gasteiger charge is 2.38. The third-order valence-corrected chi connectivity index (χ3v) is 5.49. The Morgan fingerprint density at radius 2 is 2.28 bits per heavy atom. The van der Waals surface area contributed by atoms with E-state index in [1.54, 1.807) is 15.6 Å². The van der Waals surface area contributed by atoms with E-state index in [0.717, 1.165) is 18.4 Å². The predicted molar refractivity (Wildman–Crippen MR) is 68.7 cm³/mol. The molecule has 0 aliphatic heterocycles. The smallest absolute Gasteiger partial charge is 0.260 e. The Morgan fingerprint density at radius 3 is 2.83 bits per heavy atom. The number of aromatic amines is 1. The van der Waals surface area contributed by atoms with Crippen molar-refractivity contribution in [2.24, 2.45) is 0 Å². The van der Waals surface area contributed by atoms with Gasteiger partial charge in [-0.3, -0.25) is 5.10 Å². The third kappa shape index (κ3) is 2.21. The lowest BCUT2D eigenvalue weighted by Gasteiger charge is -2.20. The maximum Gasteiger partial charge on any atom is 0.260 e. The second-order valence-electron chi connectivity index (χ2n) is 4.33. The molecule has 1 aliphatic carbocycles. The molecule has 2 aromatic rings. The minimum absolute atomic E-state index is 0.137. The van der Waals surface area contributed by atoms with Crippen LogP contribution in [0.25, 0.3) is 0 Å². The van der Waals surface area contributed by atoms with Crippen LogP contribution in [0.2, 0.25) is 0 Å². The Morgan fingerprint density at radius 1 is 1.44 bits per heavy atom. The number of thiophene rings is 1. The van der Waals surface area contributed by atoms with Gasteiger partial charge in [0.1, 0.15) is 0 Å². The van der Waals surface area contributed by atoms with Crippen molar-refractivity contribution in [3.8, 4) is 0 Å². The molecule has 0 radical (unpaired) electrons. The molecule has 1 N–H and O–H groups in total. The summed E-state index contributed by atoms with van der Waals surface area (Å²) in [6, 6.07) is 3.60. The highest BCUT2D eigenvalue weighted by molar-refractivity contribution is 7.89. The van der Waals surface area contributed by atoms with Gasteiger partial charge in [-0.2, -0.15) is 20.7 Å². The Labute approximate surface area is 110 Å². The SMILES string of the molecule is O=S(=O)(c1ccn[nH]1)N(Cc1ccsc1)C1CC1. The topological polar surface area (TPSA) is 66.1 Å². The molecule has 1 saturated carbocycles. The second kappa shape index (κ2) is 4.49. The van der Waals surface area contributed by atoms with Crippen molar-refractivity contribution in [2.75, 3.05) is 0 Å². The van der Waals surface area contributed by atoms with Crippen LogP contribution in [0.4, 0.5) is 0 Å². The number of hydrogen-bond donors (Lipinski definition) is 1. The molecule has 0 bridgehead atoms. The minimum Gasteiger partial charge on any atom is -0.266 e. The Balaban J connectivity index is 1.90. The molecule has 96 valence electrons. The van der Waals surface area contributed by atoms with Crippen LogP contribution in [0.3, 0.4) is 0 Å². The molecule has 1 fully saturated rings. The van der Waals surface area contributed by atoms with E-state index in [4.69, 9.17) is 0 Å². The number of rotatable bonds is 5. The average molecular weight is 283 g/mol. The van der Waals surface area contributed by atoms with Gasteiger partial charge in [0, 0.05) is 12.6 Å². The summed E-state index contributed by atoms with van der Waals surface area (Å²) < 4.78 is 26.5. The maximum atomic E-state index is 12.5. The molecule has 2 aromatic heterocycles. The van der Waals surface area contributed by atoms with Crippen molar-refractivity contribution in [3.63, 3.8) is 0 Å². The number of hydrogen-bond acceptors (Lipinski definition) is 4. The first-order valence-corrected chi connectivity index (χ1v) is 8.08. The summed E-state index contributed by atoms with van der Waals surface area (Å²) in [5, 5.41) is 10.4. The Bertz CT molecular complexity index is 601. The third-order valence-electron chi connectivity index (χ3n) is 2.93. The Kier molecular flexibility index (Phi) is 2.96. The summed E-state index contributed by atoms with van der Waals surface area (Å²) >= 11 is 1.58. The molecule has 7 heteroatoms. The fraction of sp³-hybridized carbons (Fsp3) is 0.364. The number of sulfonamides is 1. The highest BCUT2D eigenvalue weighted by atomic mass is 32.2. The first-order chi connectivity index (χ1) is 8.68. The molecule has 0 atom stereocenters. The predicted octanol–water partition coefficient (Wildman–Crippen LogP) is 1.82. The Hall–Kier alpha value is -1.18. The van der Waals surface area contributed by atoms with Gasteiger partial charge in [-0.05, 0) is 41.3 Å². The molecule has 3 rings (SSSR count). The molecule has 0 aromatic carbocycles. The van der Waals surface area contributed by atoms with Gasteiger partial charge in [0.15, 0.2) is 5.03 Å². The summed E-state index contributed by atoms with van der Waals surface area (Å²) in [6.45, 7) is 0.440. The van der Waals surface area contributed by atoms with E-state index in [-0.39, 0.29) is 11.1 Å². The van der Waals surface area contributed by atoms with Gasteiger partial charge in [0.25, 0.3) is 10.0 Å². The molecule has 5 nitrogen and oxygen atoms in total. The molecule has 2 heterocycles. The van der Waals surface area contributed by atoms with Crippen molar-refractivity contribution in [1.29, 1.82) is 0 Å². The van der Waals surface area contributed by atoms with Gasteiger partial charge in [-0.25, -0.2) is 8.42 Å². The van der Waals surface area contributed by atoms with Gasteiger partial charge < -0.3 is 0 Å². The van der Waals surface area contributed by atoms with Crippen molar-refractivity contribution in [1.82, 2.24) is 14.5 Å². The van der Waals surface area contributed by atoms with Gasteiger partial charge in [-0.1, -0.05) is 0 Å². The molecular weight excluding hydrogens is 270 g/mol. The number of nitrogens with zero attached hydrogens (tertiary/aromatic N) is 2. The molecule has 18 heavy (non-hydrogen) atoms. The van der Waals surface area contributed by atoms with Crippen LogP contribution < -0.4 is 0 Å². The van der Waals surface area contributed by atoms with Crippen LogP contribution in [-0.2, 0) is 16.6 Å². The normalized spacial score (nSPS) is 16.3. The molecule has 0 spiro atoms. The molecule has 0 unspecified atom stereocenters. The summed E-state index contributed by atoms with van der Waals surface area (Å²) in [5.74, 6) is 0. The molecule has 0 saturated heterocycles. The summed E-state index contributed by atoms with van der Waals surface area (Å²) in [7, 11) is -3.45. The van der Waals surface area contributed by atoms with E-state index in [2.05, 4.69) is 10.2 Å². The van der Waals surface area contributed by atoms with Crippen LogP contribution in [0.5, 0.6) is 0 Å². The van der Waals surface area contributed by atoms with Crippen LogP contribution in [0.15, 0.2) is 34.1 Å². The largest absolute Gasteiger partial charge is 0.266 e. The highest BCUT2D eigenvalue weighted by Crippen LogP contribution is 2.33. The standard InChI is InChI=1S/C11H13N3O2S2/c15-18(16,11-3-5-12-13-11)14(10-1-2-10)7-9-4-6-17-8-9/h3-6,8,10H,1-2,7H2,(H,12,13). The summed E-state index contributed by atoms with van der Waals surface area (Å²) in [5.41, 5.74) is 1.04. The molecule has 0 amide bonds. The zero-order valence-electron chi connectivity index (χ0n) is 9.61. The van der Waals surface area contributed by atoms with Gasteiger partial charge in [0.2, 0.25) is 0 Å². The summed E-state index contributed by atoms with van der Waals surface area (Å²) in [6.07, 6.45) is 3.34. The van der Waals surface area contributed by atoms with Crippen LogP contribution >= 0.6 is 11.3 Å². The average Bonchev–Trinajstić information content (AvgIpc) is 2.87. The zero-order valence-corrected chi connectivity index (χ0v) is 11.2. The number of nitrogens with one attached hydrogen (secondary N) is 1. The van der Waals surface area contributed by atoms with Crippen LogP contribution in [0, 0.1) is 0 Å². The van der Waals surface area contributed by atoms with Gasteiger partial charge in [-0.15, -0.1) is 0 Å². The van der Waals surface area contributed by atoms with Gasteiger partial charge in [0.05, 0.1) is 6.20 Å². The van der Waals surface area contributed by atoms with E-state index in [0.29, 0.717) is 6.54 Å². The lowest BCUT2D eigenvalue weighted by molar-refractivity contribution is 0.397. The summed E-state index contributed by atoms with van der Waals surface area (Å²) in [4.78, 5) is 0. The second-order valence-corrected chi connectivity index (χ2v) is 6.97.